The molecule has 0 radical (unpaired) electrons. The summed E-state index contributed by atoms with van der Waals surface area (Å²) in [4.78, 5) is 0. The fraction of sp³-hybridized carbons (Fsp3) is 0.100. The number of thioether (sulfide) groups is 1. The number of rotatable bonds is 7. The summed E-state index contributed by atoms with van der Waals surface area (Å²) >= 11 is 7.62. The average Bonchev–Trinajstić information content (AvgIpc) is 3.03. The van der Waals surface area contributed by atoms with Crippen molar-refractivity contribution in [3.63, 3.8) is 0 Å². The predicted molar refractivity (Wildman–Crippen MR) is 107 cm³/mol. The number of benzene rings is 2. The molecule has 1 aromatic heterocycles. The van der Waals surface area contributed by atoms with Crippen molar-refractivity contribution in [2.75, 3.05) is 5.75 Å². The van der Waals surface area contributed by atoms with Gasteiger partial charge in [-0.05, 0) is 29.8 Å². The van der Waals surface area contributed by atoms with E-state index in [1.54, 1.807) is 11.8 Å². The predicted octanol–water partition coefficient (Wildman–Crippen LogP) is 5.59. The van der Waals surface area contributed by atoms with Crippen LogP contribution in [-0.2, 0) is 6.54 Å². The Hall–Kier alpha value is -2.30. The van der Waals surface area contributed by atoms with Gasteiger partial charge in [-0.3, -0.25) is 4.57 Å². The van der Waals surface area contributed by atoms with Gasteiger partial charge >= 0.3 is 0 Å². The first-order valence-electron chi connectivity index (χ1n) is 7.92. The molecule has 0 amide bonds. The van der Waals surface area contributed by atoms with Gasteiger partial charge in [0, 0.05) is 22.9 Å². The normalized spacial score (nSPS) is 11.1. The number of halogens is 1. The van der Waals surface area contributed by atoms with Crippen LogP contribution in [0.1, 0.15) is 5.56 Å². The van der Waals surface area contributed by atoms with E-state index < -0.39 is 0 Å². The molecule has 0 saturated heterocycles. The molecule has 126 valence electrons. The minimum atomic E-state index is 0.662. The first-order chi connectivity index (χ1) is 12.3. The van der Waals surface area contributed by atoms with E-state index in [0.717, 1.165) is 22.3 Å². The van der Waals surface area contributed by atoms with E-state index in [-0.39, 0.29) is 0 Å². The monoisotopic (exact) mass is 367 g/mol. The van der Waals surface area contributed by atoms with Gasteiger partial charge in [0.15, 0.2) is 11.0 Å². The fourth-order valence-corrected chi connectivity index (χ4v) is 3.26. The molecule has 0 unspecified atom stereocenters. The zero-order chi connectivity index (χ0) is 17.5. The first-order valence-corrected chi connectivity index (χ1v) is 9.28. The molecule has 5 heteroatoms. The molecule has 3 rings (SSSR count). The van der Waals surface area contributed by atoms with Gasteiger partial charge in [0.1, 0.15) is 0 Å². The highest BCUT2D eigenvalue weighted by Gasteiger charge is 2.12. The van der Waals surface area contributed by atoms with E-state index in [9.17, 15) is 0 Å². The smallest absolute Gasteiger partial charge is 0.192 e. The minimum Gasteiger partial charge on any atom is -0.298 e. The molecule has 0 spiro atoms. The summed E-state index contributed by atoms with van der Waals surface area (Å²) in [6, 6.07) is 17.9. The van der Waals surface area contributed by atoms with Crippen LogP contribution in [0.15, 0.2) is 78.5 Å². The lowest BCUT2D eigenvalue weighted by atomic mass is 10.2. The first kappa shape index (κ1) is 17.5. The molecule has 0 N–H and O–H groups in total. The highest BCUT2D eigenvalue weighted by atomic mass is 35.5. The molecule has 3 nitrogen and oxygen atoms in total. The van der Waals surface area contributed by atoms with Gasteiger partial charge in [0.05, 0.1) is 0 Å². The molecular formula is C20H18ClN3S. The Morgan fingerprint density at radius 1 is 1.04 bits per heavy atom. The highest BCUT2D eigenvalue weighted by molar-refractivity contribution is 7.99. The lowest BCUT2D eigenvalue weighted by molar-refractivity contribution is 0.732. The second-order valence-corrected chi connectivity index (χ2v) is 6.76. The summed E-state index contributed by atoms with van der Waals surface area (Å²) in [5.41, 5.74) is 2.18. The third-order valence-electron chi connectivity index (χ3n) is 3.55. The average molecular weight is 368 g/mol. The quantitative estimate of drug-likeness (QED) is 0.403. The van der Waals surface area contributed by atoms with Crippen molar-refractivity contribution in [3.8, 4) is 11.4 Å². The van der Waals surface area contributed by atoms with Crippen LogP contribution in [0, 0.1) is 0 Å². The number of allylic oxidation sites excluding steroid dienone is 1. The minimum absolute atomic E-state index is 0.662. The Kier molecular flexibility index (Phi) is 6.09. The number of aromatic nitrogens is 3. The molecule has 25 heavy (non-hydrogen) atoms. The van der Waals surface area contributed by atoms with E-state index in [1.807, 2.05) is 48.5 Å². The maximum absolute atomic E-state index is 5.97. The largest absolute Gasteiger partial charge is 0.298 e. The van der Waals surface area contributed by atoms with Crippen molar-refractivity contribution in [1.29, 1.82) is 0 Å². The molecule has 0 aliphatic heterocycles. The van der Waals surface area contributed by atoms with Crippen LogP contribution in [0.2, 0.25) is 5.02 Å². The van der Waals surface area contributed by atoms with Gasteiger partial charge in [0.25, 0.3) is 0 Å². The van der Waals surface area contributed by atoms with Gasteiger partial charge in [-0.15, -0.1) is 16.8 Å². The standard InChI is InChI=1S/C20H18ClN3S/c1-2-14-24-19(17-10-12-18(21)13-11-17)22-23-20(24)25-15-6-9-16-7-4-3-5-8-16/h2-13H,1,14-15H2/b9-6+. The summed E-state index contributed by atoms with van der Waals surface area (Å²) < 4.78 is 2.07. The number of hydrogen-bond acceptors (Lipinski definition) is 3. The fourth-order valence-electron chi connectivity index (χ4n) is 2.37. The maximum Gasteiger partial charge on any atom is 0.192 e. The molecule has 0 atom stereocenters. The van der Waals surface area contributed by atoms with Crippen LogP contribution < -0.4 is 0 Å². The molecule has 3 aromatic rings. The Labute approximate surface area is 157 Å². The zero-order valence-electron chi connectivity index (χ0n) is 13.7. The molecule has 0 aliphatic carbocycles. The summed E-state index contributed by atoms with van der Waals surface area (Å²) in [6.07, 6.45) is 6.10. The van der Waals surface area contributed by atoms with E-state index in [2.05, 4.69) is 45.6 Å². The molecule has 0 saturated carbocycles. The van der Waals surface area contributed by atoms with Gasteiger partial charge < -0.3 is 0 Å². The van der Waals surface area contributed by atoms with Gasteiger partial charge in [-0.25, -0.2) is 0 Å². The van der Waals surface area contributed by atoms with Crippen LogP contribution >= 0.6 is 23.4 Å². The topological polar surface area (TPSA) is 30.7 Å². The van der Waals surface area contributed by atoms with Crippen LogP contribution in [0.5, 0.6) is 0 Å². The molecule has 0 aliphatic rings. The van der Waals surface area contributed by atoms with Gasteiger partial charge in [-0.2, -0.15) is 0 Å². The van der Waals surface area contributed by atoms with Crippen molar-refractivity contribution >= 4 is 29.4 Å². The zero-order valence-corrected chi connectivity index (χ0v) is 15.2. The summed E-state index contributed by atoms with van der Waals surface area (Å²) in [7, 11) is 0. The lowest BCUT2D eigenvalue weighted by Gasteiger charge is -2.07. The Balaban J connectivity index is 1.74. The van der Waals surface area contributed by atoms with Crippen molar-refractivity contribution in [2.24, 2.45) is 0 Å². The van der Waals surface area contributed by atoms with E-state index in [0.29, 0.717) is 11.6 Å². The maximum atomic E-state index is 5.97. The van der Waals surface area contributed by atoms with Crippen molar-refractivity contribution in [3.05, 3.63) is 83.9 Å². The van der Waals surface area contributed by atoms with Crippen molar-refractivity contribution in [2.45, 2.75) is 11.7 Å². The van der Waals surface area contributed by atoms with E-state index in [4.69, 9.17) is 11.6 Å². The van der Waals surface area contributed by atoms with Crippen molar-refractivity contribution < 1.29 is 0 Å². The second-order valence-electron chi connectivity index (χ2n) is 5.34. The van der Waals surface area contributed by atoms with Crippen LogP contribution in [0.25, 0.3) is 17.5 Å². The third kappa shape index (κ3) is 4.62. The summed E-state index contributed by atoms with van der Waals surface area (Å²) in [5, 5.41) is 10.3. The molecule has 0 bridgehead atoms. The van der Waals surface area contributed by atoms with Crippen LogP contribution in [0.4, 0.5) is 0 Å². The summed E-state index contributed by atoms with van der Waals surface area (Å²) in [6.45, 7) is 4.50. The van der Waals surface area contributed by atoms with Gasteiger partial charge in [0.2, 0.25) is 0 Å². The Bertz CT molecular complexity index is 854. The van der Waals surface area contributed by atoms with Gasteiger partial charge in [-0.1, -0.05) is 71.9 Å². The number of nitrogens with zero attached hydrogens (tertiary/aromatic N) is 3. The Morgan fingerprint density at radius 3 is 2.52 bits per heavy atom. The molecule has 0 fully saturated rings. The number of hydrogen-bond donors (Lipinski definition) is 0. The van der Waals surface area contributed by atoms with Crippen molar-refractivity contribution in [1.82, 2.24) is 14.8 Å². The van der Waals surface area contributed by atoms with E-state index in [1.165, 1.54) is 5.56 Å². The molecule has 2 aromatic carbocycles. The Morgan fingerprint density at radius 2 is 1.80 bits per heavy atom. The molecular weight excluding hydrogens is 350 g/mol. The highest BCUT2D eigenvalue weighted by Crippen LogP contribution is 2.25. The van der Waals surface area contributed by atoms with Crippen LogP contribution in [0.3, 0.4) is 0 Å². The third-order valence-corrected chi connectivity index (χ3v) is 4.72. The SMILES string of the molecule is C=CCn1c(SC/C=C/c2ccccc2)nnc1-c1ccc(Cl)cc1. The van der Waals surface area contributed by atoms with Crippen LogP contribution in [-0.4, -0.2) is 20.5 Å². The molecule has 1 heterocycles. The lowest BCUT2D eigenvalue weighted by Crippen LogP contribution is -2.00. The summed E-state index contributed by atoms with van der Waals surface area (Å²) in [5.74, 6) is 1.65. The van der Waals surface area contributed by atoms with E-state index >= 15 is 0 Å². The second kappa shape index (κ2) is 8.70.